The molecule has 10 heteroatoms. The third-order valence-corrected chi connectivity index (χ3v) is 10.6. The van der Waals surface area contributed by atoms with Crippen molar-refractivity contribution in [2.24, 2.45) is 17.8 Å². The maximum Gasteiger partial charge on any atom is 0.281 e. The van der Waals surface area contributed by atoms with E-state index in [9.17, 15) is 19.5 Å². The first-order valence-electron chi connectivity index (χ1n) is 15.4. The maximum atomic E-state index is 14.4. The molecule has 2 aromatic rings. The highest BCUT2D eigenvalue weighted by atomic mass is 16.7. The molecular weight excluding hydrogens is 534 g/mol. The monoisotopic (exact) mass is 575 g/mol. The van der Waals surface area contributed by atoms with Gasteiger partial charge in [0.05, 0.1) is 5.92 Å². The first-order valence-corrected chi connectivity index (χ1v) is 15.4. The molecule has 1 aromatic heterocycles. The Bertz CT molecular complexity index is 1520. The van der Waals surface area contributed by atoms with Crippen molar-refractivity contribution in [2.45, 2.75) is 83.1 Å². The fraction of sp³-hybridized carbons (Fsp3) is 0.594. The van der Waals surface area contributed by atoms with E-state index >= 15 is 0 Å². The average molecular weight is 576 g/mol. The summed E-state index contributed by atoms with van der Waals surface area (Å²) in [6, 6.07) is 4.82. The number of hydrogen-bond acceptors (Lipinski definition) is 6. The lowest BCUT2D eigenvalue weighted by atomic mass is 9.79. The second-order valence-corrected chi connectivity index (χ2v) is 13.3. The molecule has 0 spiro atoms. The molecule has 4 aliphatic heterocycles. The van der Waals surface area contributed by atoms with Gasteiger partial charge < -0.3 is 20.3 Å². The number of benzene rings is 1. The number of nitrogens with one attached hydrogen (secondary N) is 2. The Morgan fingerprint density at radius 1 is 1.26 bits per heavy atom. The lowest BCUT2D eigenvalue weighted by Crippen LogP contribution is -2.72. The Kier molecular flexibility index (Phi) is 6.18. The minimum absolute atomic E-state index is 0.150. The number of piperazine rings is 1. The summed E-state index contributed by atoms with van der Waals surface area (Å²) in [4.78, 5) is 50.8. The van der Waals surface area contributed by atoms with Gasteiger partial charge in [-0.15, -0.1) is 0 Å². The summed E-state index contributed by atoms with van der Waals surface area (Å²) in [6.07, 6.45) is 6.87. The number of H-pyrrole nitrogens is 1. The highest BCUT2D eigenvalue weighted by Gasteiger charge is 2.72. The van der Waals surface area contributed by atoms with Crippen LogP contribution in [0.25, 0.3) is 16.5 Å². The van der Waals surface area contributed by atoms with Crippen LogP contribution in [0.15, 0.2) is 30.5 Å². The summed E-state index contributed by atoms with van der Waals surface area (Å²) in [5, 5.41) is 16.4. The third kappa shape index (κ3) is 3.58. The zero-order chi connectivity index (χ0) is 29.7. The van der Waals surface area contributed by atoms with Crippen molar-refractivity contribution in [1.29, 1.82) is 0 Å². The molecule has 3 amide bonds. The molecule has 3 fully saturated rings. The van der Waals surface area contributed by atoms with E-state index in [0.717, 1.165) is 29.5 Å². The lowest BCUT2D eigenvalue weighted by molar-refractivity contribution is -0.324. The van der Waals surface area contributed by atoms with E-state index in [4.69, 9.17) is 4.74 Å². The molecule has 3 saturated heterocycles. The third-order valence-electron chi connectivity index (χ3n) is 10.6. The number of carbonyl (C=O) groups is 3. The van der Waals surface area contributed by atoms with E-state index in [1.165, 1.54) is 15.8 Å². The second-order valence-electron chi connectivity index (χ2n) is 13.3. The SMILES string of the molecule is CC[C@@H](C)[C@H]1C(=O)N2CCC[C@H]2[C@]2(O)O[C@](NC(=O)[C@H]3C=C4c5cccc6[nH]cc(c56)C[C@H]4N(C)C3)(C(C)C)C(=O)N12. The van der Waals surface area contributed by atoms with Crippen molar-refractivity contribution < 1.29 is 24.2 Å². The number of aromatic nitrogens is 1. The lowest BCUT2D eigenvalue weighted by Gasteiger charge is -2.50. The number of nitrogens with zero attached hydrogens (tertiary/aromatic N) is 3. The van der Waals surface area contributed by atoms with Crippen LogP contribution in [0.1, 0.15) is 58.1 Å². The predicted molar refractivity (Wildman–Crippen MR) is 156 cm³/mol. The number of hydrogen-bond donors (Lipinski definition) is 3. The largest absolute Gasteiger partial charge is 0.361 e. The standard InChI is InChI=1S/C32H41N5O5/c1-6-18(4)27-29(39)36-12-8-11-25(36)32(41)37(27)30(40)31(42-32,17(2)3)34-28(38)20-13-22-21-9-7-10-23-26(21)19(15-33-23)14-24(22)35(5)16-20/h7,9-10,13,15,17-18,20,24-25,27,33,41H,6,8,11-12,14,16H2,1-5H3,(H,34,38)/t18-,20+,24-,25+,27+,31-,32+/m1/s1. The van der Waals surface area contributed by atoms with Gasteiger partial charge in [-0.25, -0.2) is 0 Å². The maximum absolute atomic E-state index is 14.4. The molecule has 224 valence electrons. The van der Waals surface area contributed by atoms with Gasteiger partial charge in [0.25, 0.3) is 11.8 Å². The number of rotatable bonds is 5. The summed E-state index contributed by atoms with van der Waals surface area (Å²) in [6.45, 7) is 8.50. The fourth-order valence-electron chi connectivity index (χ4n) is 8.11. The summed E-state index contributed by atoms with van der Waals surface area (Å²) >= 11 is 0. The Morgan fingerprint density at radius 2 is 2.05 bits per heavy atom. The van der Waals surface area contributed by atoms with Gasteiger partial charge in [-0.05, 0) is 55.0 Å². The number of likely N-dealkylation sites (N-methyl/N-ethyl adjacent to an activating group) is 1. The fourth-order valence-corrected chi connectivity index (χ4v) is 8.11. The predicted octanol–water partition coefficient (Wildman–Crippen LogP) is 2.43. The molecule has 7 rings (SSSR count). The molecule has 10 nitrogen and oxygen atoms in total. The van der Waals surface area contributed by atoms with Crippen LogP contribution in [-0.4, -0.2) is 92.4 Å². The summed E-state index contributed by atoms with van der Waals surface area (Å²) in [5.74, 6) is -4.28. The molecule has 0 radical (unpaired) electrons. The number of aliphatic hydroxyl groups is 1. The van der Waals surface area contributed by atoms with Crippen LogP contribution in [-0.2, 0) is 25.5 Å². The zero-order valence-electron chi connectivity index (χ0n) is 25.0. The number of carbonyl (C=O) groups excluding carboxylic acids is 3. The van der Waals surface area contributed by atoms with E-state index in [2.05, 4.69) is 33.5 Å². The van der Waals surface area contributed by atoms with Gasteiger partial charge in [-0.3, -0.25) is 28.9 Å². The van der Waals surface area contributed by atoms with Crippen LogP contribution in [0.3, 0.4) is 0 Å². The minimum Gasteiger partial charge on any atom is -0.361 e. The van der Waals surface area contributed by atoms with Gasteiger partial charge in [-0.1, -0.05) is 52.3 Å². The van der Waals surface area contributed by atoms with Gasteiger partial charge in [0.2, 0.25) is 17.5 Å². The van der Waals surface area contributed by atoms with E-state index in [1.54, 1.807) is 4.90 Å². The smallest absolute Gasteiger partial charge is 0.281 e. The van der Waals surface area contributed by atoms with E-state index in [0.29, 0.717) is 25.9 Å². The minimum atomic E-state index is -2.01. The van der Waals surface area contributed by atoms with E-state index < -0.39 is 41.5 Å². The van der Waals surface area contributed by atoms with Crippen molar-refractivity contribution in [3.05, 3.63) is 41.6 Å². The summed E-state index contributed by atoms with van der Waals surface area (Å²) in [7, 11) is 2.03. The number of ether oxygens (including phenoxy) is 1. The van der Waals surface area contributed by atoms with E-state index in [1.807, 2.05) is 46.9 Å². The van der Waals surface area contributed by atoms with Crippen molar-refractivity contribution >= 4 is 34.2 Å². The molecule has 3 N–H and O–H groups in total. The summed E-state index contributed by atoms with van der Waals surface area (Å²) in [5.41, 5.74) is 2.79. The highest BCUT2D eigenvalue weighted by Crippen LogP contribution is 2.49. The molecule has 0 unspecified atom stereocenters. The van der Waals surface area contributed by atoms with Crippen LogP contribution in [0.2, 0.25) is 0 Å². The average Bonchev–Trinajstić information content (AvgIpc) is 3.68. The van der Waals surface area contributed by atoms with Gasteiger partial charge in [0.1, 0.15) is 12.1 Å². The quantitative estimate of drug-likeness (QED) is 0.504. The Labute approximate surface area is 246 Å². The Balaban J connectivity index is 1.25. The summed E-state index contributed by atoms with van der Waals surface area (Å²) < 4.78 is 6.45. The number of amides is 3. The Hall–Kier alpha value is -3.21. The molecule has 7 atom stereocenters. The molecule has 5 heterocycles. The molecule has 1 aliphatic carbocycles. The van der Waals surface area contributed by atoms with Gasteiger partial charge >= 0.3 is 0 Å². The number of aromatic amines is 1. The molecule has 0 bridgehead atoms. The molecule has 42 heavy (non-hydrogen) atoms. The normalized spacial score (nSPS) is 34.9. The van der Waals surface area contributed by atoms with Gasteiger partial charge in [0, 0.05) is 42.1 Å². The van der Waals surface area contributed by atoms with Crippen molar-refractivity contribution in [1.82, 2.24) is 25.0 Å². The van der Waals surface area contributed by atoms with Crippen molar-refractivity contribution in [3.63, 3.8) is 0 Å². The Morgan fingerprint density at radius 3 is 2.79 bits per heavy atom. The zero-order valence-corrected chi connectivity index (χ0v) is 25.0. The molecular formula is C32H41N5O5. The highest BCUT2D eigenvalue weighted by molar-refractivity contribution is 6.01. The molecule has 1 aromatic carbocycles. The topological polar surface area (TPSA) is 118 Å². The molecule has 0 saturated carbocycles. The van der Waals surface area contributed by atoms with Crippen LogP contribution in [0.4, 0.5) is 0 Å². The van der Waals surface area contributed by atoms with Crippen molar-refractivity contribution in [2.75, 3.05) is 20.1 Å². The van der Waals surface area contributed by atoms with Crippen LogP contribution >= 0.6 is 0 Å². The van der Waals surface area contributed by atoms with Gasteiger partial charge in [-0.2, -0.15) is 0 Å². The van der Waals surface area contributed by atoms with E-state index in [-0.39, 0.29) is 23.8 Å². The van der Waals surface area contributed by atoms with Crippen molar-refractivity contribution in [3.8, 4) is 0 Å². The number of fused-ring (bicyclic) bond motifs is 5. The first kappa shape index (κ1) is 27.6. The first-order chi connectivity index (χ1) is 20.0. The van der Waals surface area contributed by atoms with Gasteiger partial charge in [0.15, 0.2) is 0 Å². The van der Waals surface area contributed by atoms with Crippen LogP contribution < -0.4 is 5.32 Å². The molecule has 5 aliphatic rings. The van der Waals surface area contributed by atoms with Crippen LogP contribution in [0, 0.1) is 17.8 Å². The second kappa shape index (κ2) is 9.39. The van der Waals surface area contributed by atoms with Crippen LogP contribution in [0.5, 0.6) is 0 Å².